The van der Waals surface area contributed by atoms with Gasteiger partial charge in [-0.15, -0.1) is 5.10 Å². The van der Waals surface area contributed by atoms with E-state index < -0.39 is 0 Å². The predicted octanol–water partition coefficient (Wildman–Crippen LogP) is 2.59. The molecule has 0 aliphatic rings. The Morgan fingerprint density at radius 2 is 2.11 bits per heavy atom. The zero-order valence-corrected chi connectivity index (χ0v) is 11.4. The highest BCUT2D eigenvalue weighted by Gasteiger charge is 2.13. The highest BCUT2D eigenvalue weighted by atomic mass is 32.1. The minimum absolute atomic E-state index is 0.216. The van der Waals surface area contributed by atoms with Gasteiger partial charge in [-0.2, -0.15) is 0 Å². The molecule has 0 bridgehead atoms. The van der Waals surface area contributed by atoms with Crippen LogP contribution < -0.4 is 5.32 Å². The second kappa shape index (κ2) is 5.42. The van der Waals surface area contributed by atoms with Crippen LogP contribution in [0.5, 0.6) is 0 Å². The Balaban J connectivity index is 1.88. The maximum atomic E-state index is 4.70. The molecule has 3 aromatic rings. The Hall–Kier alpha value is -1.85. The molecule has 1 N–H and O–H groups in total. The molecule has 2 aromatic heterocycles. The van der Waals surface area contributed by atoms with E-state index in [9.17, 15) is 0 Å². The molecular formula is C14H14N4S. The number of rotatable bonds is 4. The number of fused-ring (bicyclic) bond motifs is 1. The number of aromatic nitrogens is 3. The standard InChI is InChI=1S/C14H14N4S/c1-15-13(14-9-16-18-19-14)8-11-7-6-10-4-2-3-5-12(10)17-11/h2-7,9,13,15H,8H2,1H3. The molecular weight excluding hydrogens is 256 g/mol. The second-order valence-electron chi connectivity index (χ2n) is 4.36. The van der Waals surface area contributed by atoms with Crippen molar-refractivity contribution in [2.75, 3.05) is 7.05 Å². The third kappa shape index (κ3) is 2.62. The van der Waals surface area contributed by atoms with E-state index in [1.165, 1.54) is 16.9 Å². The molecule has 96 valence electrons. The zero-order valence-electron chi connectivity index (χ0n) is 10.6. The molecule has 0 aliphatic heterocycles. The third-order valence-corrected chi connectivity index (χ3v) is 3.92. The monoisotopic (exact) mass is 270 g/mol. The molecule has 5 heteroatoms. The predicted molar refractivity (Wildman–Crippen MR) is 77.2 cm³/mol. The fourth-order valence-electron chi connectivity index (χ4n) is 2.10. The van der Waals surface area contributed by atoms with Crippen molar-refractivity contribution in [1.29, 1.82) is 0 Å². The van der Waals surface area contributed by atoms with Crippen LogP contribution in [-0.4, -0.2) is 21.6 Å². The molecule has 0 saturated heterocycles. The minimum Gasteiger partial charge on any atom is -0.312 e. The van der Waals surface area contributed by atoms with Crippen molar-refractivity contribution in [3.8, 4) is 0 Å². The Morgan fingerprint density at radius 3 is 2.89 bits per heavy atom. The van der Waals surface area contributed by atoms with Gasteiger partial charge in [0.25, 0.3) is 0 Å². The van der Waals surface area contributed by atoms with Crippen molar-refractivity contribution in [3.63, 3.8) is 0 Å². The highest BCUT2D eigenvalue weighted by Crippen LogP contribution is 2.20. The quantitative estimate of drug-likeness (QED) is 0.791. The van der Waals surface area contributed by atoms with E-state index in [4.69, 9.17) is 4.98 Å². The summed E-state index contributed by atoms with van der Waals surface area (Å²) < 4.78 is 3.91. The lowest BCUT2D eigenvalue weighted by Gasteiger charge is -2.13. The summed E-state index contributed by atoms with van der Waals surface area (Å²) in [5.74, 6) is 0. The van der Waals surface area contributed by atoms with E-state index in [2.05, 4.69) is 33.1 Å². The topological polar surface area (TPSA) is 50.7 Å². The Labute approximate surface area is 115 Å². The molecule has 3 rings (SSSR count). The maximum absolute atomic E-state index is 4.70. The zero-order chi connectivity index (χ0) is 13.1. The van der Waals surface area contributed by atoms with Gasteiger partial charge in [0.1, 0.15) is 0 Å². The molecule has 0 fully saturated rings. The molecule has 1 aromatic carbocycles. The molecule has 0 saturated carbocycles. The van der Waals surface area contributed by atoms with E-state index >= 15 is 0 Å². The van der Waals surface area contributed by atoms with Gasteiger partial charge in [-0.3, -0.25) is 4.98 Å². The molecule has 1 atom stereocenters. The molecule has 4 nitrogen and oxygen atoms in total. The second-order valence-corrected chi connectivity index (χ2v) is 5.18. The van der Waals surface area contributed by atoms with Crippen LogP contribution in [0.2, 0.25) is 0 Å². The van der Waals surface area contributed by atoms with Crippen molar-refractivity contribution in [2.45, 2.75) is 12.5 Å². The van der Waals surface area contributed by atoms with Gasteiger partial charge in [-0.05, 0) is 30.7 Å². The average molecular weight is 270 g/mol. The SMILES string of the molecule is CNC(Cc1ccc2ccccc2n1)c1cnns1. The van der Waals surface area contributed by atoms with Crippen LogP contribution in [0.4, 0.5) is 0 Å². The number of hydrogen-bond acceptors (Lipinski definition) is 5. The van der Waals surface area contributed by atoms with Gasteiger partial charge in [-0.1, -0.05) is 28.8 Å². The molecule has 2 heterocycles. The lowest BCUT2D eigenvalue weighted by molar-refractivity contribution is 0.594. The summed E-state index contributed by atoms with van der Waals surface area (Å²) in [6.45, 7) is 0. The van der Waals surface area contributed by atoms with Gasteiger partial charge >= 0.3 is 0 Å². The van der Waals surface area contributed by atoms with Crippen LogP contribution in [0.3, 0.4) is 0 Å². The number of likely N-dealkylation sites (N-methyl/N-ethyl adjacent to an activating group) is 1. The van der Waals surface area contributed by atoms with E-state index in [0.29, 0.717) is 0 Å². The highest BCUT2D eigenvalue weighted by molar-refractivity contribution is 7.05. The van der Waals surface area contributed by atoms with Gasteiger partial charge in [0, 0.05) is 17.5 Å². The lowest BCUT2D eigenvalue weighted by Crippen LogP contribution is -2.18. The summed E-state index contributed by atoms with van der Waals surface area (Å²) in [4.78, 5) is 5.83. The largest absolute Gasteiger partial charge is 0.312 e. The third-order valence-electron chi connectivity index (χ3n) is 3.14. The Morgan fingerprint density at radius 1 is 1.21 bits per heavy atom. The maximum Gasteiger partial charge on any atom is 0.0705 e. The van der Waals surface area contributed by atoms with Crippen LogP contribution in [0, 0.1) is 0 Å². The number of nitrogens with zero attached hydrogens (tertiary/aromatic N) is 3. The first-order valence-electron chi connectivity index (χ1n) is 6.16. The number of pyridine rings is 1. The first-order chi connectivity index (χ1) is 9.36. The van der Waals surface area contributed by atoms with Crippen LogP contribution in [-0.2, 0) is 6.42 Å². The molecule has 19 heavy (non-hydrogen) atoms. The van der Waals surface area contributed by atoms with Gasteiger partial charge in [0.15, 0.2) is 0 Å². The van der Waals surface area contributed by atoms with Crippen molar-refractivity contribution < 1.29 is 0 Å². The van der Waals surface area contributed by atoms with Crippen molar-refractivity contribution in [3.05, 3.63) is 53.2 Å². The molecule has 0 spiro atoms. The van der Waals surface area contributed by atoms with Gasteiger partial charge in [0.05, 0.1) is 22.6 Å². The van der Waals surface area contributed by atoms with Crippen LogP contribution in [0.1, 0.15) is 16.6 Å². The first-order valence-corrected chi connectivity index (χ1v) is 6.93. The lowest BCUT2D eigenvalue weighted by atomic mass is 10.1. The number of para-hydroxylation sites is 1. The fraction of sp³-hybridized carbons (Fsp3) is 0.214. The van der Waals surface area contributed by atoms with Crippen molar-refractivity contribution >= 4 is 22.4 Å². The van der Waals surface area contributed by atoms with E-state index in [1.807, 2.05) is 31.4 Å². The molecule has 0 radical (unpaired) electrons. The first kappa shape index (κ1) is 12.2. The average Bonchev–Trinajstić information content (AvgIpc) is 2.98. The fourth-order valence-corrected chi connectivity index (χ4v) is 2.72. The summed E-state index contributed by atoms with van der Waals surface area (Å²) in [5.41, 5.74) is 2.11. The Kier molecular flexibility index (Phi) is 3.48. The van der Waals surface area contributed by atoms with E-state index in [-0.39, 0.29) is 6.04 Å². The van der Waals surface area contributed by atoms with Crippen molar-refractivity contribution in [2.24, 2.45) is 0 Å². The van der Waals surface area contributed by atoms with E-state index in [0.717, 1.165) is 22.5 Å². The minimum atomic E-state index is 0.216. The summed E-state index contributed by atoms with van der Waals surface area (Å²) >= 11 is 1.43. The van der Waals surface area contributed by atoms with Gasteiger partial charge in [-0.25, -0.2) is 0 Å². The summed E-state index contributed by atoms with van der Waals surface area (Å²) in [6, 6.07) is 12.6. The summed E-state index contributed by atoms with van der Waals surface area (Å²) in [6.07, 6.45) is 2.65. The summed E-state index contributed by atoms with van der Waals surface area (Å²) in [7, 11) is 1.95. The molecule has 1 unspecified atom stereocenters. The Bertz CT molecular complexity index is 666. The van der Waals surface area contributed by atoms with Crippen molar-refractivity contribution in [1.82, 2.24) is 19.9 Å². The van der Waals surface area contributed by atoms with Gasteiger partial charge < -0.3 is 5.32 Å². The summed E-state index contributed by atoms with van der Waals surface area (Å²) in [5, 5.41) is 8.35. The van der Waals surface area contributed by atoms with Crippen LogP contribution in [0.25, 0.3) is 10.9 Å². The van der Waals surface area contributed by atoms with E-state index in [1.54, 1.807) is 0 Å². The molecule has 0 amide bonds. The number of hydrogen-bond donors (Lipinski definition) is 1. The number of benzene rings is 1. The normalized spacial score (nSPS) is 12.7. The van der Waals surface area contributed by atoms with Crippen LogP contribution in [0.15, 0.2) is 42.6 Å². The molecule has 0 aliphatic carbocycles. The van der Waals surface area contributed by atoms with Gasteiger partial charge in [0.2, 0.25) is 0 Å². The smallest absolute Gasteiger partial charge is 0.0705 e. The number of nitrogens with one attached hydrogen (secondary N) is 1. The van der Waals surface area contributed by atoms with Crippen LogP contribution >= 0.6 is 11.5 Å².